The molecule has 0 heterocycles. The fraction of sp³-hybridized carbons (Fsp3) is 0.130. The maximum atomic E-state index is 12.8. The molecule has 0 spiro atoms. The predicted octanol–water partition coefficient (Wildman–Crippen LogP) is 3.81. The number of nitrogens with one attached hydrogen (secondary N) is 4. The number of aryl methyl sites for hydroxylation is 1. The molecule has 0 fully saturated rings. The van der Waals surface area contributed by atoms with Crippen LogP contribution in [0.2, 0.25) is 0 Å². The van der Waals surface area contributed by atoms with Crippen LogP contribution in [0.3, 0.4) is 0 Å². The third-order valence-electron chi connectivity index (χ3n) is 4.76. The van der Waals surface area contributed by atoms with E-state index in [0.717, 1.165) is 5.56 Å². The standard InChI is InChI=1S/C23H24N4O5S/c1-15-9-11-18(26-23(29)25-17-7-5-4-6-8-17)14-19(15)27-22(28)16-10-12-20(32-3)21(13-16)33(30,31)24-2/h4-14,24H,1-3H3,(H,27,28)(H2,25,26,29). The summed E-state index contributed by atoms with van der Waals surface area (Å²) in [6.07, 6.45) is 0. The van der Waals surface area contributed by atoms with Gasteiger partial charge in [-0.2, -0.15) is 0 Å². The normalized spacial score (nSPS) is 10.9. The average Bonchev–Trinajstić information content (AvgIpc) is 2.81. The lowest BCUT2D eigenvalue weighted by molar-refractivity contribution is 0.102. The minimum Gasteiger partial charge on any atom is -0.495 e. The number of methoxy groups -OCH3 is 1. The quantitative estimate of drug-likeness (QED) is 0.420. The van der Waals surface area contributed by atoms with Crippen molar-refractivity contribution < 1.29 is 22.7 Å². The fourth-order valence-electron chi connectivity index (χ4n) is 2.98. The Morgan fingerprint density at radius 2 is 1.55 bits per heavy atom. The lowest BCUT2D eigenvalue weighted by atomic mass is 10.1. The van der Waals surface area contributed by atoms with Crippen molar-refractivity contribution in [1.29, 1.82) is 0 Å². The van der Waals surface area contributed by atoms with Crippen LogP contribution >= 0.6 is 0 Å². The molecule has 3 aromatic rings. The van der Waals surface area contributed by atoms with E-state index in [0.29, 0.717) is 17.1 Å². The molecule has 0 aromatic heterocycles. The zero-order valence-corrected chi connectivity index (χ0v) is 19.1. The molecule has 0 aliphatic carbocycles. The van der Waals surface area contributed by atoms with Gasteiger partial charge in [-0.05, 0) is 62.0 Å². The Morgan fingerprint density at radius 3 is 2.21 bits per heavy atom. The molecular weight excluding hydrogens is 444 g/mol. The Morgan fingerprint density at radius 1 is 0.848 bits per heavy atom. The van der Waals surface area contributed by atoms with E-state index in [4.69, 9.17) is 4.74 Å². The Labute approximate surface area is 192 Å². The van der Waals surface area contributed by atoms with Crippen molar-refractivity contribution in [2.45, 2.75) is 11.8 Å². The van der Waals surface area contributed by atoms with E-state index in [1.165, 1.54) is 32.4 Å². The number of carbonyl (C=O) groups excluding carboxylic acids is 2. The Balaban J connectivity index is 1.79. The van der Waals surface area contributed by atoms with Crippen LogP contribution in [0, 0.1) is 6.92 Å². The predicted molar refractivity (Wildman–Crippen MR) is 127 cm³/mol. The zero-order chi connectivity index (χ0) is 24.0. The molecule has 0 radical (unpaired) electrons. The topological polar surface area (TPSA) is 126 Å². The smallest absolute Gasteiger partial charge is 0.323 e. The molecule has 3 rings (SSSR count). The molecule has 9 nitrogen and oxygen atoms in total. The maximum absolute atomic E-state index is 12.8. The summed E-state index contributed by atoms with van der Waals surface area (Å²) in [5, 5.41) is 8.19. The second-order valence-electron chi connectivity index (χ2n) is 7.00. The summed E-state index contributed by atoms with van der Waals surface area (Å²) in [5.41, 5.74) is 2.46. The van der Waals surface area contributed by atoms with Gasteiger partial charge in [0.1, 0.15) is 10.6 Å². The van der Waals surface area contributed by atoms with Crippen molar-refractivity contribution in [2.24, 2.45) is 0 Å². The molecule has 0 aliphatic rings. The van der Waals surface area contributed by atoms with Crippen molar-refractivity contribution in [3.63, 3.8) is 0 Å². The molecule has 0 bridgehead atoms. The summed E-state index contributed by atoms with van der Waals surface area (Å²) in [7, 11) is -1.21. The van der Waals surface area contributed by atoms with Gasteiger partial charge in [-0.25, -0.2) is 17.9 Å². The molecule has 0 unspecified atom stereocenters. The first kappa shape index (κ1) is 23.8. The van der Waals surface area contributed by atoms with Crippen molar-refractivity contribution in [3.8, 4) is 5.75 Å². The molecule has 3 amide bonds. The summed E-state index contributed by atoms with van der Waals surface area (Å²) >= 11 is 0. The van der Waals surface area contributed by atoms with Crippen molar-refractivity contribution in [1.82, 2.24) is 4.72 Å². The third kappa shape index (κ3) is 5.88. The van der Waals surface area contributed by atoms with Crippen LogP contribution in [0.4, 0.5) is 21.9 Å². The molecule has 0 saturated heterocycles. The number of benzene rings is 3. The minimum atomic E-state index is -3.83. The van der Waals surface area contributed by atoms with E-state index in [1.54, 1.807) is 37.3 Å². The van der Waals surface area contributed by atoms with Crippen molar-refractivity contribution in [3.05, 3.63) is 77.9 Å². The lowest BCUT2D eigenvalue weighted by Crippen LogP contribution is -2.21. The average molecular weight is 469 g/mol. The van der Waals surface area contributed by atoms with Crippen molar-refractivity contribution >= 4 is 39.0 Å². The first-order valence-corrected chi connectivity index (χ1v) is 11.4. The number of anilines is 3. The molecule has 0 atom stereocenters. The van der Waals surface area contributed by atoms with Crippen LogP contribution in [0.5, 0.6) is 5.75 Å². The van der Waals surface area contributed by atoms with Gasteiger partial charge in [0.15, 0.2) is 0 Å². The zero-order valence-electron chi connectivity index (χ0n) is 18.3. The van der Waals surface area contributed by atoms with Gasteiger partial charge in [0.25, 0.3) is 5.91 Å². The Hall–Kier alpha value is -3.89. The number of rotatable bonds is 7. The fourth-order valence-corrected chi connectivity index (χ4v) is 3.90. The van der Waals surface area contributed by atoms with Crippen LogP contribution in [-0.2, 0) is 10.0 Å². The number of hydrogen-bond donors (Lipinski definition) is 4. The van der Waals surface area contributed by atoms with E-state index in [9.17, 15) is 18.0 Å². The SMILES string of the molecule is CNS(=O)(=O)c1cc(C(=O)Nc2cc(NC(=O)Nc3ccccc3)ccc2C)ccc1OC. The lowest BCUT2D eigenvalue weighted by Gasteiger charge is -2.14. The van der Waals surface area contributed by atoms with E-state index in [1.807, 2.05) is 18.2 Å². The molecule has 3 aromatic carbocycles. The first-order chi connectivity index (χ1) is 15.7. The summed E-state index contributed by atoms with van der Waals surface area (Å²) in [4.78, 5) is 25.0. The Kier molecular flexibility index (Phi) is 7.31. The molecular formula is C23H24N4O5S. The second kappa shape index (κ2) is 10.2. The number of urea groups is 1. The van der Waals surface area contributed by atoms with Gasteiger partial charge in [-0.15, -0.1) is 0 Å². The maximum Gasteiger partial charge on any atom is 0.323 e. The highest BCUT2D eigenvalue weighted by molar-refractivity contribution is 7.89. The summed E-state index contributed by atoms with van der Waals surface area (Å²) in [5.74, 6) is -0.396. The van der Waals surface area contributed by atoms with Gasteiger partial charge in [0.2, 0.25) is 10.0 Å². The summed E-state index contributed by atoms with van der Waals surface area (Å²) < 4.78 is 31.9. The van der Waals surface area contributed by atoms with Gasteiger partial charge in [-0.3, -0.25) is 4.79 Å². The van der Waals surface area contributed by atoms with Gasteiger partial charge < -0.3 is 20.7 Å². The van der Waals surface area contributed by atoms with Crippen LogP contribution < -0.4 is 25.4 Å². The molecule has 33 heavy (non-hydrogen) atoms. The van der Waals surface area contributed by atoms with Crippen LogP contribution in [0.1, 0.15) is 15.9 Å². The summed E-state index contributed by atoms with van der Waals surface area (Å²) in [6.45, 7) is 1.80. The molecule has 4 N–H and O–H groups in total. The monoisotopic (exact) mass is 468 g/mol. The van der Waals surface area contributed by atoms with E-state index in [-0.39, 0.29) is 16.2 Å². The number of hydrogen-bond acceptors (Lipinski definition) is 5. The molecule has 0 saturated carbocycles. The highest BCUT2D eigenvalue weighted by atomic mass is 32.2. The van der Waals surface area contributed by atoms with E-state index < -0.39 is 22.0 Å². The largest absolute Gasteiger partial charge is 0.495 e. The number of sulfonamides is 1. The highest BCUT2D eigenvalue weighted by Crippen LogP contribution is 2.26. The Bertz CT molecular complexity index is 1280. The number of ether oxygens (including phenoxy) is 1. The van der Waals surface area contributed by atoms with Crippen LogP contribution in [0.15, 0.2) is 71.6 Å². The number of carbonyl (C=O) groups is 2. The van der Waals surface area contributed by atoms with Gasteiger partial charge in [-0.1, -0.05) is 24.3 Å². The molecule has 10 heteroatoms. The molecule has 172 valence electrons. The van der Waals surface area contributed by atoms with Gasteiger partial charge in [0.05, 0.1) is 7.11 Å². The van der Waals surface area contributed by atoms with Gasteiger partial charge >= 0.3 is 6.03 Å². The minimum absolute atomic E-state index is 0.118. The van der Waals surface area contributed by atoms with Gasteiger partial charge in [0, 0.05) is 22.6 Å². The number of para-hydroxylation sites is 1. The second-order valence-corrected chi connectivity index (χ2v) is 8.86. The molecule has 0 aliphatic heterocycles. The highest BCUT2D eigenvalue weighted by Gasteiger charge is 2.20. The first-order valence-electron chi connectivity index (χ1n) is 9.90. The van der Waals surface area contributed by atoms with Crippen LogP contribution in [-0.4, -0.2) is 34.5 Å². The number of amides is 3. The van der Waals surface area contributed by atoms with E-state index >= 15 is 0 Å². The summed E-state index contributed by atoms with van der Waals surface area (Å²) in [6, 6.07) is 17.7. The van der Waals surface area contributed by atoms with Crippen molar-refractivity contribution in [2.75, 3.05) is 30.1 Å². The van der Waals surface area contributed by atoms with E-state index in [2.05, 4.69) is 20.7 Å². The third-order valence-corrected chi connectivity index (χ3v) is 6.19. The van der Waals surface area contributed by atoms with Crippen LogP contribution in [0.25, 0.3) is 0 Å².